The maximum absolute atomic E-state index is 12.6. The summed E-state index contributed by atoms with van der Waals surface area (Å²) in [5.74, 6) is 0.669. The molecule has 23 heavy (non-hydrogen) atoms. The summed E-state index contributed by atoms with van der Waals surface area (Å²) in [4.78, 5) is 12.6. The quantitative estimate of drug-likeness (QED) is 0.505. The van der Waals surface area contributed by atoms with Crippen LogP contribution in [0.25, 0.3) is 0 Å². The Morgan fingerprint density at radius 3 is 2.30 bits per heavy atom. The van der Waals surface area contributed by atoms with Crippen LogP contribution >= 0.6 is 0 Å². The Morgan fingerprint density at radius 1 is 1.09 bits per heavy atom. The molecule has 2 aromatic rings. The summed E-state index contributed by atoms with van der Waals surface area (Å²) in [5, 5.41) is 3.01. The predicted molar refractivity (Wildman–Crippen MR) is 85.6 cm³/mol. The van der Waals surface area contributed by atoms with Gasteiger partial charge in [-0.3, -0.25) is 10.1 Å². The number of esters is 1. The molecule has 1 aliphatic heterocycles. The fourth-order valence-corrected chi connectivity index (χ4v) is 2.65. The molecule has 2 aromatic carbocycles. The highest BCUT2D eigenvalue weighted by Crippen LogP contribution is 2.44. The van der Waals surface area contributed by atoms with Crippen molar-refractivity contribution in [1.82, 2.24) is 5.32 Å². The first-order valence-corrected chi connectivity index (χ1v) is 7.53. The predicted octanol–water partition coefficient (Wildman–Crippen LogP) is 2.66. The Balaban J connectivity index is 1.79. The van der Waals surface area contributed by atoms with Gasteiger partial charge in [-0.25, -0.2) is 0 Å². The SMILES string of the molecule is COCNCCOC(=O)C1c2ccccc2Oc2ccccc21. The fraction of sp³-hybridized carbons (Fsp3) is 0.278. The lowest BCUT2D eigenvalue weighted by atomic mass is 9.88. The van der Waals surface area contributed by atoms with Crippen LogP contribution in [0.15, 0.2) is 48.5 Å². The number of ether oxygens (including phenoxy) is 3. The molecule has 5 nitrogen and oxygen atoms in total. The first-order valence-electron chi connectivity index (χ1n) is 7.53. The zero-order valence-electron chi connectivity index (χ0n) is 13.0. The summed E-state index contributed by atoms with van der Waals surface area (Å²) in [6.45, 7) is 1.27. The molecule has 0 radical (unpaired) electrons. The van der Waals surface area contributed by atoms with Crippen LogP contribution in [0.4, 0.5) is 0 Å². The van der Waals surface area contributed by atoms with Crippen LogP contribution < -0.4 is 10.1 Å². The van der Waals surface area contributed by atoms with Gasteiger partial charge >= 0.3 is 5.97 Å². The van der Waals surface area contributed by atoms with E-state index in [1.807, 2.05) is 48.5 Å². The van der Waals surface area contributed by atoms with Gasteiger partial charge in [-0.2, -0.15) is 0 Å². The minimum atomic E-state index is -0.460. The summed E-state index contributed by atoms with van der Waals surface area (Å²) in [6, 6.07) is 15.1. The van der Waals surface area contributed by atoms with Crippen molar-refractivity contribution < 1.29 is 19.0 Å². The average molecular weight is 313 g/mol. The van der Waals surface area contributed by atoms with Gasteiger partial charge in [0.15, 0.2) is 0 Å². The minimum Gasteiger partial charge on any atom is -0.464 e. The first kappa shape index (κ1) is 15.5. The Bertz CT molecular complexity index is 641. The van der Waals surface area contributed by atoms with Crippen molar-refractivity contribution in [3.63, 3.8) is 0 Å². The second kappa shape index (κ2) is 7.26. The fourth-order valence-electron chi connectivity index (χ4n) is 2.65. The van der Waals surface area contributed by atoms with Crippen LogP contribution in [-0.2, 0) is 14.3 Å². The van der Waals surface area contributed by atoms with Crippen LogP contribution in [-0.4, -0.2) is 33.0 Å². The molecule has 3 rings (SSSR count). The summed E-state index contributed by atoms with van der Waals surface area (Å²) in [6.07, 6.45) is 0. The number of hydrogen-bond donors (Lipinski definition) is 1. The van der Waals surface area contributed by atoms with E-state index < -0.39 is 5.92 Å². The zero-order valence-corrected chi connectivity index (χ0v) is 13.0. The molecule has 0 unspecified atom stereocenters. The lowest BCUT2D eigenvalue weighted by Crippen LogP contribution is -2.26. The van der Waals surface area contributed by atoms with Crippen molar-refractivity contribution in [2.75, 3.05) is 27.0 Å². The van der Waals surface area contributed by atoms with E-state index in [0.29, 0.717) is 31.4 Å². The maximum Gasteiger partial charge on any atom is 0.318 e. The second-order valence-corrected chi connectivity index (χ2v) is 5.21. The minimum absolute atomic E-state index is 0.271. The van der Waals surface area contributed by atoms with Gasteiger partial charge in [0.25, 0.3) is 0 Å². The molecule has 0 bridgehead atoms. The summed E-state index contributed by atoms with van der Waals surface area (Å²) >= 11 is 0. The third-order valence-electron chi connectivity index (χ3n) is 3.69. The molecule has 0 fully saturated rings. The number of methoxy groups -OCH3 is 1. The number of para-hydroxylation sites is 2. The van der Waals surface area contributed by atoms with Gasteiger partial charge in [-0.15, -0.1) is 0 Å². The van der Waals surface area contributed by atoms with Crippen LogP contribution in [0.2, 0.25) is 0 Å². The number of fused-ring (bicyclic) bond motifs is 2. The highest BCUT2D eigenvalue weighted by atomic mass is 16.5. The Hall–Kier alpha value is -2.37. The zero-order chi connectivity index (χ0) is 16.1. The molecule has 0 spiro atoms. The molecular formula is C18H19NO4. The highest BCUT2D eigenvalue weighted by molar-refractivity contribution is 5.85. The van der Waals surface area contributed by atoms with E-state index in [-0.39, 0.29) is 5.97 Å². The number of hydrogen-bond acceptors (Lipinski definition) is 5. The lowest BCUT2D eigenvalue weighted by Gasteiger charge is -2.26. The van der Waals surface area contributed by atoms with Crippen LogP contribution in [0, 0.1) is 0 Å². The van der Waals surface area contributed by atoms with Crippen molar-refractivity contribution in [1.29, 1.82) is 0 Å². The third kappa shape index (κ3) is 3.36. The summed E-state index contributed by atoms with van der Waals surface area (Å²) in [5.41, 5.74) is 1.67. The topological polar surface area (TPSA) is 56.8 Å². The van der Waals surface area contributed by atoms with Gasteiger partial charge in [0.05, 0.1) is 6.73 Å². The van der Waals surface area contributed by atoms with E-state index in [0.717, 1.165) is 11.1 Å². The standard InChI is InChI=1S/C18H19NO4/c1-21-12-19-10-11-22-18(20)17-13-6-2-4-8-15(13)23-16-9-5-3-7-14(16)17/h2-9,17,19H,10-12H2,1H3. The number of nitrogens with one attached hydrogen (secondary N) is 1. The van der Waals surface area contributed by atoms with Gasteiger partial charge in [-0.05, 0) is 12.1 Å². The maximum atomic E-state index is 12.6. The van der Waals surface area contributed by atoms with Crippen molar-refractivity contribution in [2.24, 2.45) is 0 Å². The molecule has 0 amide bonds. The molecule has 120 valence electrons. The van der Waals surface area contributed by atoms with Crippen molar-refractivity contribution in [3.8, 4) is 11.5 Å². The average Bonchev–Trinajstić information content (AvgIpc) is 2.59. The first-order chi connectivity index (χ1) is 11.3. The van der Waals surface area contributed by atoms with Crippen LogP contribution in [0.3, 0.4) is 0 Å². The molecule has 0 aliphatic carbocycles. The van der Waals surface area contributed by atoms with Gasteiger partial charge < -0.3 is 14.2 Å². The molecule has 1 heterocycles. The Labute approximate surface area is 135 Å². The molecule has 0 aromatic heterocycles. The van der Waals surface area contributed by atoms with Crippen LogP contribution in [0.1, 0.15) is 17.0 Å². The van der Waals surface area contributed by atoms with E-state index in [2.05, 4.69) is 5.32 Å². The van der Waals surface area contributed by atoms with E-state index >= 15 is 0 Å². The Kier molecular flexibility index (Phi) is 4.90. The third-order valence-corrected chi connectivity index (χ3v) is 3.69. The molecule has 0 saturated carbocycles. The number of carbonyl (C=O) groups excluding carboxylic acids is 1. The lowest BCUT2D eigenvalue weighted by molar-refractivity contribution is -0.144. The van der Waals surface area contributed by atoms with Gasteiger partial charge in [0.2, 0.25) is 0 Å². The molecule has 0 saturated heterocycles. The monoisotopic (exact) mass is 313 g/mol. The summed E-state index contributed by atoms with van der Waals surface area (Å²) in [7, 11) is 1.61. The van der Waals surface area contributed by atoms with Crippen LogP contribution in [0.5, 0.6) is 11.5 Å². The van der Waals surface area contributed by atoms with Crippen molar-refractivity contribution in [3.05, 3.63) is 59.7 Å². The van der Waals surface area contributed by atoms with Gasteiger partial charge in [0.1, 0.15) is 24.0 Å². The van der Waals surface area contributed by atoms with E-state index in [4.69, 9.17) is 14.2 Å². The number of rotatable bonds is 6. The molecule has 1 aliphatic rings. The van der Waals surface area contributed by atoms with Gasteiger partial charge in [0, 0.05) is 24.8 Å². The molecule has 1 N–H and O–H groups in total. The summed E-state index contributed by atoms with van der Waals surface area (Å²) < 4.78 is 16.2. The second-order valence-electron chi connectivity index (χ2n) is 5.21. The van der Waals surface area contributed by atoms with Gasteiger partial charge in [-0.1, -0.05) is 36.4 Å². The van der Waals surface area contributed by atoms with Crippen molar-refractivity contribution in [2.45, 2.75) is 5.92 Å². The molecule has 0 atom stereocenters. The van der Waals surface area contributed by atoms with Crippen molar-refractivity contribution >= 4 is 5.97 Å². The Morgan fingerprint density at radius 2 is 1.70 bits per heavy atom. The van der Waals surface area contributed by atoms with E-state index in [1.165, 1.54) is 0 Å². The molecular weight excluding hydrogens is 294 g/mol. The largest absolute Gasteiger partial charge is 0.464 e. The van der Waals surface area contributed by atoms with E-state index in [9.17, 15) is 4.79 Å². The smallest absolute Gasteiger partial charge is 0.318 e. The van der Waals surface area contributed by atoms with E-state index in [1.54, 1.807) is 7.11 Å². The normalized spacial score (nSPS) is 12.9. The highest BCUT2D eigenvalue weighted by Gasteiger charge is 2.33. The number of benzene rings is 2. The molecule has 5 heteroatoms. The number of carbonyl (C=O) groups is 1.